The largest absolute Gasteiger partial charge is 0.299 e. The number of carbonyl (C=O) groups excluding carboxylic acids is 1. The molecule has 0 aromatic carbocycles. The molecule has 2 atom stereocenters. The van der Waals surface area contributed by atoms with Crippen LogP contribution in [0.1, 0.15) is 33.1 Å². The third-order valence-electron chi connectivity index (χ3n) is 4.28. The van der Waals surface area contributed by atoms with Gasteiger partial charge in [-0.05, 0) is 24.2 Å². The van der Waals surface area contributed by atoms with Crippen molar-refractivity contribution in [3.8, 4) is 0 Å². The van der Waals surface area contributed by atoms with Crippen LogP contribution in [0, 0.1) is 16.7 Å². The summed E-state index contributed by atoms with van der Waals surface area (Å²) < 4.78 is 21.5. The van der Waals surface area contributed by atoms with E-state index in [2.05, 4.69) is 0 Å². The molecule has 15 heavy (non-hydrogen) atoms. The van der Waals surface area contributed by atoms with E-state index in [0.717, 1.165) is 6.42 Å². The van der Waals surface area contributed by atoms with Crippen LogP contribution in [0.3, 0.4) is 0 Å². The van der Waals surface area contributed by atoms with Gasteiger partial charge in [0, 0.05) is 6.42 Å². The molecule has 2 rings (SSSR count). The highest BCUT2D eigenvalue weighted by Crippen LogP contribution is 2.62. The van der Waals surface area contributed by atoms with Crippen molar-refractivity contribution >= 4 is 33.9 Å². The Balaban J connectivity index is 0.00000112. The van der Waals surface area contributed by atoms with Gasteiger partial charge in [0.15, 0.2) is 0 Å². The summed E-state index contributed by atoms with van der Waals surface area (Å²) in [6.07, 6.45) is 2.24. The summed E-state index contributed by atoms with van der Waals surface area (Å²) in [6.45, 7) is 4.03. The normalized spacial score (nSPS) is 36.1. The van der Waals surface area contributed by atoms with E-state index in [1.54, 1.807) is 0 Å². The van der Waals surface area contributed by atoms with Gasteiger partial charge in [0.25, 0.3) is 0 Å². The number of carbonyl (C=O) groups is 1. The first-order valence-electron chi connectivity index (χ1n) is 4.87. The average molecular weight is 251 g/mol. The fourth-order valence-electron chi connectivity index (χ4n) is 3.15. The maximum atomic E-state index is 11.8. The zero-order valence-corrected chi connectivity index (χ0v) is 10.5. The van der Waals surface area contributed by atoms with Gasteiger partial charge in [-0.1, -0.05) is 13.8 Å². The SMILES string of the molecule is CC1(C)C2CCC1(C=S(=O)=O)C(=O)C2.Cl. The van der Waals surface area contributed by atoms with E-state index in [1.807, 2.05) is 13.8 Å². The van der Waals surface area contributed by atoms with Gasteiger partial charge >= 0.3 is 0 Å². The topological polar surface area (TPSA) is 51.2 Å². The molecule has 0 radical (unpaired) electrons. The molecule has 3 nitrogen and oxygen atoms in total. The highest BCUT2D eigenvalue weighted by molar-refractivity contribution is 7.71. The van der Waals surface area contributed by atoms with Crippen LogP contribution in [0.5, 0.6) is 0 Å². The highest BCUT2D eigenvalue weighted by Gasteiger charge is 2.63. The molecule has 2 aliphatic carbocycles. The molecule has 0 spiro atoms. The van der Waals surface area contributed by atoms with Crippen LogP contribution in [-0.2, 0) is 15.1 Å². The number of hydrogen-bond donors (Lipinski definition) is 0. The van der Waals surface area contributed by atoms with Crippen LogP contribution in [0.4, 0.5) is 0 Å². The van der Waals surface area contributed by atoms with Crippen LogP contribution in [-0.4, -0.2) is 19.6 Å². The van der Waals surface area contributed by atoms with E-state index in [1.165, 1.54) is 5.37 Å². The third-order valence-corrected chi connectivity index (χ3v) is 4.88. The molecule has 2 fully saturated rings. The van der Waals surface area contributed by atoms with Crippen molar-refractivity contribution < 1.29 is 13.2 Å². The van der Waals surface area contributed by atoms with Gasteiger partial charge in [-0.3, -0.25) is 4.79 Å². The van der Waals surface area contributed by atoms with E-state index in [9.17, 15) is 13.2 Å². The second-order valence-electron chi connectivity index (χ2n) is 4.93. The van der Waals surface area contributed by atoms with E-state index in [4.69, 9.17) is 0 Å². The molecule has 0 heterocycles. The van der Waals surface area contributed by atoms with Gasteiger partial charge in [-0.15, -0.1) is 12.4 Å². The van der Waals surface area contributed by atoms with Crippen LogP contribution in [0.15, 0.2) is 0 Å². The summed E-state index contributed by atoms with van der Waals surface area (Å²) in [4.78, 5) is 11.8. The monoisotopic (exact) mass is 250 g/mol. The van der Waals surface area contributed by atoms with E-state index in [0.29, 0.717) is 18.8 Å². The van der Waals surface area contributed by atoms with Gasteiger partial charge in [0.1, 0.15) is 5.78 Å². The van der Waals surface area contributed by atoms with Crippen molar-refractivity contribution in [2.45, 2.75) is 33.1 Å². The molecule has 5 heteroatoms. The first-order chi connectivity index (χ1) is 6.40. The number of Topliss-reactive ketones (excluding diaryl/α,β-unsaturated/α-hetero) is 1. The molecule has 0 amide bonds. The first kappa shape index (κ1) is 12.7. The van der Waals surface area contributed by atoms with Crippen LogP contribution >= 0.6 is 12.4 Å². The molecular formula is C10H15ClO3S. The fourth-order valence-corrected chi connectivity index (χ4v) is 4.03. The van der Waals surface area contributed by atoms with E-state index < -0.39 is 15.7 Å². The van der Waals surface area contributed by atoms with Gasteiger partial charge in [-0.2, -0.15) is 8.42 Å². The molecule has 2 saturated carbocycles. The maximum absolute atomic E-state index is 11.8. The Morgan fingerprint density at radius 1 is 1.40 bits per heavy atom. The molecule has 0 aliphatic heterocycles. The number of rotatable bonds is 1. The summed E-state index contributed by atoms with van der Waals surface area (Å²) in [5.41, 5.74) is -0.867. The van der Waals surface area contributed by atoms with Crippen LogP contribution in [0.2, 0.25) is 0 Å². The summed E-state index contributed by atoms with van der Waals surface area (Å²) >= 11 is 0. The van der Waals surface area contributed by atoms with Gasteiger partial charge < -0.3 is 0 Å². The summed E-state index contributed by atoms with van der Waals surface area (Å²) in [6, 6.07) is 0. The second-order valence-corrected chi connectivity index (χ2v) is 5.69. The Morgan fingerprint density at radius 2 is 2.00 bits per heavy atom. The third kappa shape index (κ3) is 1.46. The number of halogens is 1. The number of ketones is 1. The molecule has 0 saturated heterocycles. The summed E-state index contributed by atoms with van der Waals surface area (Å²) in [5.74, 6) is 0.484. The second kappa shape index (κ2) is 3.59. The lowest BCUT2D eigenvalue weighted by Gasteiger charge is -2.31. The summed E-state index contributed by atoms with van der Waals surface area (Å²) in [7, 11) is -2.23. The van der Waals surface area contributed by atoms with Crippen molar-refractivity contribution in [3.05, 3.63) is 0 Å². The lowest BCUT2D eigenvalue weighted by molar-refractivity contribution is -0.125. The van der Waals surface area contributed by atoms with Crippen molar-refractivity contribution in [2.75, 3.05) is 0 Å². The van der Waals surface area contributed by atoms with Crippen molar-refractivity contribution in [1.29, 1.82) is 0 Å². The molecule has 0 aromatic heterocycles. The Bertz CT molecular complexity index is 416. The minimum Gasteiger partial charge on any atom is -0.299 e. The fraction of sp³-hybridized carbons (Fsp3) is 0.800. The average Bonchev–Trinajstić information content (AvgIpc) is 2.36. The van der Waals surface area contributed by atoms with Crippen LogP contribution < -0.4 is 0 Å². The standard InChI is InChI=1S/C10H14O3S.ClH/c1-9(2)7-3-4-10(9,6-14(12)13)8(11)5-7;/h6-7H,3-5H2,1-2H3;1H. The lowest BCUT2D eigenvalue weighted by atomic mass is 9.70. The minimum atomic E-state index is -2.23. The van der Waals surface area contributed by atoms with Crippen molar-refractivity contribution in [1.82, 2.24) is 0 Å². The maximum Gasteiger partial charge on any atom is 0.210 e. The number of hydrogen-bond acceptors (Lipinski definition) is 3. The first-order valence-corrected chi connectivity index (χ1v) is 6.01. The molecule has 2 unspecified atom stereocenters. The Kier molecular flexibility index (Phi) is 3.05. The van der Waals surface area contributed by atoms with Crippen molar-refractivity contribution in [3.63, 3.8) is 0 Å². The predicted octanol–water partition coefficient (Wildman–Crippen LogP) is 1.48. The van der Waals surface area contributed by atoms with Crippen molar-refractivity contribution in [2.24, 2.45) is 16.7 Å². The smallest absolute Gasteiger partial charge is 0.210 e. The molecule has 0 N–H and O–H groups in total. The van der Waals surface area contributed by atoms with Gasteiger partial charge in [-0.25, -0.2) is 0 Å². The zero-order chi connectivity index (χ0) is 10.6. The Hall–Kier alpha value is -0.350. The van der Waals surface area contributed by atoms with Crippen LogP contribution in [0.25, 0.3) is 0 Å². The predicted molar refractivity (Wildman–Crippen MR) is 60.8 cm³/mol. The summed E-state index contributed by atoms with van der Waals surface area (Å²) in [5, 5.41) is 1.24. The lowest BCUT2D eigenvalue weighted by Crippen LogP contribution is -2.37. The highest BCUT2D eigenvalue weighted by atomic mass is 35.5. The van der Waals surface area contributed by atoms with Gasteiger partial charge in [0.2, 0.25) is 10.3 Å². The molecular weight excluding hydrogens is 236 g/mol. The molecule has 2 aliphatic rings. The van der Waals surface area contributed by atoms with Gasteiger partial charge in [0.05, 0.1) is 10.8 Å². The molecule has 0 aromatic rings. The number of fused-ring (bicyclic) bond motifs is 2. The Labute approximate surface area is 97.2 Å². The minimum absolute atomic E-state index is 0. The molecule has 86 valence electrons. The van der Waals surface area contributed by atoms with E-state index in [-0.39, 0.29) is 23.6 Å². The quantitative estimate of drug-likeness (QED) is 0.663. The zero-order valence-electron chi connectivity index (χ0n) is 8.82. The molecule has 2 bridgehead atoms. The Morgan fingerprint density at radius 3 is 2.33 bits per heavy atom. The van der Waals surface area contributed by atoms with E-state index >= 15 is 0 Å².